The van der Waals surface area contributed by atoms with Gasteiger partial charge in [0.05, 0.1) is 0 Å². The number of likely N-dealkylation sites (N-methyl/N-ethyl adjacent to an activating group) is 1. The molecule has 3 rings (SSSR count). The van der Waals surface area contributed by atoms with Gasteiger partial charge in [-0.1, -0.05) is 43.0 Å². The molecular weight excluding hydrogens is 478 g/mol. The molecule has 10 heteroatoms. The number of amides is 2. The Morgan fingerprint density at radius 2 is 1.81 bits per heavy atom. The molecule has 0 unspecified atom stereocenters. The zero-order valence-electron chi connectivity index (χ0n) is 21.6. The zero-order chi connectivity index (χ0) is 25.9. The smallest absolute Gasteiger partial charge is 0.344 e. The quantitative estimate of drug-likeness (QED) is 0.339. The van der Waals surface area contributed by atoms with Gasteiger partial charge in [0.15, 0.2) is 5.56 Å². The van der Waals surface area contributed by atoms with Crippen LogP contribution in [0, 0.1) is 13.8 Å². The number of hydrogen-bond donors (Lipinski definition) is 3. The van der Waals surface area contributed by atoms with E-state index in [4.69, 9.17) is 4.74 Å². The fourth-order valence-electron chi connectivity index (χ4n) is 4.21. The molecule has 1 aliphatic heterocycles. The minimum atomic E-state index is -1.19. The molecular formula is C26H39N5O4S. The van der Waals surface area contributed by atoms with E-state index in [2.05, 4.69) is 31.9 Å². The van der Waals surface area contributed by atoms with Gasteiger partial charge >= 0.3 is 12.0 Å². The number of hydrogen-bond acceptors (Lipinski definition) is 7. The molecule has 0 spiro atoms. The van der Waals surface area contributed by atoms with Crippen molar-refractivity contribution in [1.29, 1.82) is 0 Å². The maximum absolute atomic E-state index is 12.3. The van der Waals surface area contributed by atoms with Gasteiger partial charge in [0.1, 0.15) is 11.6 Å². The van der Waals surface area contributed by atoms with Crippen molar-refractivity contribution in [3.8, 4) is 5.88 Å². The van der Waals surface area contributed by atoms with Crippen LogP contribution in [0.15, 0.2) is 18.2 Å². The number of nitrogens with one attached hydrogen (secondary N) is 2. The Kier molecular flexibility index (Phi) is 11.0. The lowest BCUT2D eigenvalue weighted by Gasteiger charge is -2.32. The fraction of sp³-hybridized carbons (Fsp3) is 0.577. The molecule has 0 atom stereocenters. The number of aromatic nitrogens is 1. The van der Waals surface area contributed by atoms with Gasteiger partial charge in [-0.25, -0.2) is 9.59 Å². The number of ether oxygens (including phenoxy) is 1. The normalized spacial score (nSPS) is 14.5. The average molecular weight is 518 g/mol. The van der Waals surface area contributed by atoms with E-state index in [0.717, 1.165) is 60.6 Å². The first-order valence-electron chi connectivity index (χ1n) is 12.7. The topological polar surface area (TPSA) is 107 Å². The van der Waals surface area contributed by atoms with Crippen molar-refractivity contribution in [1.82, 2.24) is 19.5 Å². The van der Waals surface area contributed by atoms with Gasteiger partial charge in [0.2, 0.25) is 5.88 Å². The number of aryl methyl sites for hydroxylation is 2. The van der Waals surface area contributed by atoms with Crippen LogP contribution in [0.25, 0.3) is 0 Å². The average Bonchev–Trinajstić information content (AvgIpc) is 3.24. The van der Waals surface area contributed by atoms with Crippen LogP contribution < -0.4 is 15.4 Å². The Morgan fingerprint density at radius 3 is 2.53 bits per heavy atom. The molecule has 198 valence electrons. The highest BCUT2D eigenvalue weighted by atomic mass is 32.1. The molecule has 2 amide bonds. The highest BCUT2D eigenvalue weighted by Crippen LogP contribution is 2.31. The van der Waals surface area contributed by atoms with Crippen LogP contribution in [-0.2, 0) is 6.61 Å². The summed E-state index contributed by atoms with van der Waals surface area (Å²) in [5.41, 5.74) is 3.04. The standard InChI is InChI=1S/C26H39N5O4S/c1-19-9-10-21(20(2)17-19)18-35-23-22(25(32)33)24(36-29-23)28-26(34)27-11-7-5-4-6-8-12-31-15-13-30(3)14-16-31/h9-10,17H,4-8,11-16,18H2,1-3H3,(H,32,33)(H2,27,28,34). The number of nitrogens with zero attached hydrogens (tertiary/aromatic N) is 3. The molecule has 36 heavy (non-hydrogen) atoms. The number of rotatable bonds is 13. The van der Waals surface area contributed by atoms with Gasteiger partial charge in [-0.2, -0.15) is 4.37 Å². The number of aromatic carboxylic acids is 1. The predicted octanol–water partition coefficient (Wildman–Crippen LogP) is 4.36. The number of piperazine rings is 1. The van der Waals surface area contributed by atoms with Crippen molar-refractivity contribution in [2.24, 2.45) is 0 Å². The predicted molar refractivity (Wildman–Crippen MR) is 143 cm³/mol. The van der Waals surface area contributed by atoms with E-state index < -0.39 is 12.0 Å². The molecule has 2 aromatic rings. The monoisotopic (exact) mass is 517 g/mol. The highest BCUT2D eigenvalue weighted by molar-refractivity contribution is 7.11. The molecule has 1 aliphatic rings. The van der Waals surface area contributed by atoms with Gasteiger partial charge in [0, 0.05) is 32.7 Å². The first kappa shape index (κ1) is 27.9. The van der Waals surface area contributed by atoms with E-state index >= 15 is 0 Å². The summed E-state index contributed by atoms with van der Waals surface area (Å²) in [4.78, 5) is 29.0. The van der Waals surface area contributed by atoms with E-state index in [1.807, 2.05) is 32.0 Å². The lowest BCUT2D eigenvalue weighted by atomic mass is 10.1. The lowest BCUT2D eigenvalue weighted by Crippen LogP contribution is -2.44. The SMILES string of the molecule is Cc1ccc(COc2nsc(NC(=O)NCCCCCCCN3CCN(C)CC3)c2C(=O)O)c(C)c1. The molecule has 0 aliphatic carbocycles. The number of urea groups is 1. The number of unbranched alkanes of at least 4 members (excludes halogenated alkanes) is 4. The number of carboxylic acid groups (broad SMARTS) is 1. The first-order chi connectivity index (χ1) is 17.3. The van der Waals surface area contributed by atoms with Crippen LogP contribution in [0.1, 0.15) is 59.2 Å². The second-order valence-electron chi connectivity index (χ2n) is 9.51. The van der Waals surface area contributed by atoms with Crippen LogP contribution in [0.3, 0.4) is 0 Å². The van der Waals surface area contributed by atoms with Gasteiger partial charge in [0.25, 0.3) is 0 Å². The first-order valence-corrected chi connectivity index (χ1v) is 13.5. The van der Waals surface area contributed by atoms with E-state index in [1.165, 1.54) is 32.5 Å². The van der Waals surface area contributed by atoms with E-state index in [9.17, 15) is 14.7 Å². The lowest BCUT2D eigenvalue weighted by molar-refractivity contribution is 0.0693. The minimum absolute atomic E-state index is 0.0133. The maximum atomic E-state index is 12.3. The number of carbonyl (C=O) groups is 2. The number of anilines is 1. The Bertz CT molecular complexity index is 1000. The molecule has 1 fully saturated rings. The maximum Gasteiger partial charge on any atom is 0.344 e. The van der Waals surface area contributed by atoms with Gasteiger partial charge in [-0.15, -0.1) is 0 Å². The van der Waals surface area contributed by atoms with Crippen LogP contribution in [0.2, 0.25) is 0 Å². The van der Waals surface area contributed by atoms with Gasteiger partial charge < -0.3 is 25.0 Å². The van der Waals surface area contributed by atoms with Crippen molar-refractivity contribution < 1.29 is 19.4 Å². The van der Waals surface area contributed by atoms with Crippen molar-refractivity contribution >= 4 is 28.5 Å². The third-order valence-electron chi connectivity index (χ3n) is 6.50. The van der Waals surface area contributed by atoms with Gasteiger partial charge in [-0.3, -0.25) is 5.32 Å². The van der Waals surface area contributed by atoms with Crippen LogP contribution in [-0.4, -0.2) is 77.6 Å². The minimum Gasteiger partial charge on any atom is -0.477 e. The van der Waals surface area contributed by atoms with Gasteiger partial charge in [-0.05, 0) is 62.9 Å². The second-order valence-corrected chi connectivity index (χ2v) is 10.3. The Balaban J connectivity index is 1.34. The third kappa shape index (κ3) is 8.76. The van der Waals surface area contributed by atoms with Crippen LogP contribution >= 0.6 is 11.5 Å². The van der Waals surface area contributed by atoms with Crippen molar-refractivity contribution in [2.45, 2.75) is 52.6 Å². The molecule has 9 nitrogen and oxygen atoms in total. The van der Waals surface area contributed by atoms with E-state index in [-0.39, 0.29) is 23.1 Å². The Hall–Kier alpha value is -2.69. The second kappa shape index (κ2) is 14.2. The number of carboxylic acids is 1. The fourth-order valence-corrected chi connectivity index (χ4v) is 4.94. The molecule has 3 N–H and O–H groups in total. The van der Waals surface area contributed by atoms with Crippen LogP contribution in [0.4, 0.5) is 9.80 Å². The zero-order valence-corrected chi connectivity index (χ0v) is 22.5. The summed E-state index contributed by atoms with van der Waals surface area (Å²) < 4.78 is 9.82. The van der Waals surface area contributed by atoms with E-state index in [0.29, 0.717) is 6.54 Å². The molecule has 1 aromatic carbocycles. The van der Waals surface area contributed by atoms with Crippen molar-refractivity contribution in [3.63, 3.8) is 0 Å². The molecule has 2 heterocycles. The van der Waals surface area contributed by atoms with Crippen molar-refractivity contribution in [2.75, 3.05) is 51.6 Å². The number of carbonyl (C=O) groups excluding carboxylic acids is 1. The highest BCUT2D eigenvalue weighted by Gasteiger charge is 2.23. The molecule has 1 aromatic heterocycles. The molecule has 0 saturated carbocycles. The van der Waals surface area contributed by atoms with Crippen molar-refractivity contribution in [3.05, 3.63) is 40.5 Å². The van der Waals surface area contributed by atoms with E-state index in [1.54, 1.807) is 0 Å². The Labute approximate surface area is 218 Å². The summed E-state index contributed by atoms with van der Waals surface area (Å²) in [7, 11) is 2.17. The summed E-state index contributed by atoms with van der Waals surface area (Å²) in [5.74, 6) is -1.18. The molecule has 0 radical (unpaired) electrons. The van der Waals surface area contributed by atoms with Crippen LogP contribution in [0.5, 0.6) is 5.88 Å². The molecule has 0 bridgehead atoms. The summed E-state index contributed by atoms with van der Waals surface area (Å²) in [6.45, 7) is 10.6. The largest absolute Gasteiger partial charge is 0.477 e. The summed E-state index contributed by atoms with van der Waals surface area (Å²) in [6.07, 6.45) is 5.51. The summed E-state index contributed by atoms with van der Waals surface area (Å²) in [6, 6.07) is 5.55. The summed E-state index contributed by atoms with van der Waals surface area (Å²) >= 11 is 0.905. The number of benzene rings is 1. The Morgan fingerprint density at radius 1 is 1.08 bits per heavy atom. The molecule has 1 saturated heterocycles. The third-order valence-corrected chi connectivity index (χ3v) is 7.24. The summed E-state index contributed by atoms with van der Waals surface area (Å²) in [5, 5.41) is 15.2.